The molecule has 7 nitrogen and oxygen atoms in total. The summed E-state index contributed by atoms with van der Waals surface area (Å²) in [6.45, 7) is 3.02. The normalized spacial score (nSPS) is 12.7. The predicted octanol–water partition coefficient (Wildman–Crippen LogP) is 3.10. The summed E-state index contributed by atoms with van der Waals surface area (Å²) in [7, 11) is -3.74. The van der Waals surface area contributed by atoms with Crippen LogP contribution in [-0.2, 0) is 16.3 Å². The maximum atomic E-state index is 13.1. The van der Waals surface area contributed by atoms with E-state index in [1.165, 1.54) is 38.1 Å². The second kappa shape index (κ2) is 8.52. The Labute approximate surface area is 167 Å². The van der Waals surface area contributed by atoms with Gasteiger partial charge in [0.15, 0.2) is 0 Å². The maximum absolute atomic E-state index is 13.1. The lowest BCUT2D eigenvalue weighted by molar-refractivity contribution is 0.0929. The van der Waals surface area contributed by atoms with Crippen LogP contribution in [0.2, 0.25) is 0 Å². The van der Waals surface area contributed by atoms with Crippen molar-refractivity contribution in [2.75, 3.05) is 0 Å². The zero-order valence-corrected chi connectivity index (χ0v) is 16.7. The first-order valence-corrected chi connectivity index (χ1v) is 10.5. The Morgan fingerprint density at radius 1 is 1.07 bits per heavy atom. The number of sulfone groups is 1. The van der Waals surface area contributed by atoms with E-state index in [0.717, 1.165) is 5.56 Å². The Morgan fingerprint density at radius 3 is 2.34 bits per heavy atom. The van der Waals surface area contributed by atoms with E-state index in [0.29, 0.717) is 6.42 Å². The first-order valence-electron chi connectivity index (χ1n) is 8.95. The van der Waals surface area contributed by atoms with Gasteiger partial charge >= 0.3 is 5.22 Å². The summed E-state index contributed by atoms with van der Waals surface area (Å²) in [5.41, 5.74) is 1.13. The van der Waals surface area contributed by atoms with E-state index in [9.17, 15) is 17.6 Å². The van der Waals surface area contributed by atoms with Crippen molar-refractivity contribution in [3.8, 4) is 0 Å². The van der Waals surface area contributed by atoms with Crippen LogP contribution in [-0.4, -0.2) is 29.8 Å². The molecule has 2 aromatic carbocycles. The largest absolute Gasteiger partial charge is 0.410 e. The highest BCUT2D eigenvalue weighted by Gasteiger charge is 2.29. The second-order valence-corrected chi connectivity index (χ2v) is 9.10. The van der Waals surface area contributed by atoms with Crippen molar-refractivity contribution in [1.82, 2.24) is 15.5 Å². The van der Waals surface area contributed by atoms with E-state index < -0.39 is 38.1 Å². The van der Waals surface area contributed by atoms with Gasteiger partial charge in [0.25, 0.3) is 5.91 Å². The monoisotopic (exact) mass is 417 g/mol. The summed E-state index contributed by atoms with van der Waals surface area (Å²) in [4.78, 5) is 12.6. The van der Waals surface area contributed by atoms with Crippen LogP contribution in [0.4, 0.5) is 4.39 Å². The summed E-state index contributed by atoms with van der Waals surface area (Å²) in [6.07, 6.45) is 0.303. The Hall–Kier alpha value is -3.07. The van der Waals surface area contributed by atoms with E-state index in [4.69, 9.17) is 4.42 Å². The van der Waals surface area contributed by atoms with Gasteiger partial charge in [0, 0.05) is 12.0 Å². The molecule has 29 heavy (non-hydrogen) atoms. The van der Waals surface area contributed by atoms with Crippen LogP contribution in [0.25, 0.3) is 0 Å². The first-order chi connectivity index (χ1) is 13.8. The number of hydrogen-bond donors (Lipinski definition) is 1. The quantitative estimate of drug-likeness (QED) is 0.634. The number of amides is 1. The molecule has 9 heteroatoms. The third-order valence-electron chi connectivity index (χ3n) is 4.28. The fourth-order valence-electron chi connectivity index (χ4n) is 2.57. The van der Waals surface area contributed by atoms with Gasteiger partial charge in [-0.15, -0.1) is 5.10 Å². The fraction of sp³-hybridized carbons (Fsp3) is 0.250. The van der Waals surface area contributed by atoms with Crippen molar-refractivity contribution in [3.63, 3.8) is 0 Å². The smallest absolute Gasteiger partial charge is 0.335 e. The van der Waals surface area contributed by atoms with Gasteiger partial charge < -0.3 is 9.73 Å². The molecule has 1 heterocycles. The van der Waals surface area contributed by atoms with Crippen LogP contribution in [0.3, 0.4) is 0 Å². The highest BCUT2D eigenvalue weighted by Crippen LogP contribution is 2.22. The van der Waals surface area contributed by atoms with Crippen LogP contribution in [0.5, 0.6) is 0 Å². The molecular formula is C20H20FN3O4S. The van der Waals surface area contributed by atoms with Crippen LogP contribution in [0, 0.1) is 5.82 Å². The van der Waals surface area contributed by atoms with Gasteiger partial charge in [0.2, 0.25) is 15.7 Å². The minimum Gasteiger partial charge on any atom is -0.410 e. The molecule has 152 valence electrons. The zero-order chi connectivity index (χ0) is 21.0. The van der Waals surface area contributed by atoms with E-state index in [1.807, 2.05) is 30.3 Å². The molecule has 0 radical (unpaired) electrons. The molecule has 3 rings (SSSR count). The van der Waals surface area contributed by atoms with E-state index in [1.54, 1.807) is 0 Å². The lowest BCUT2D eigenvalue weighted by Crippen LogP contribution is -2.30. The molecule has 0 aliphatic heterocycles. The van der Waals surface area contributed by atoms with Crippen molar-refractivity contribution in [1.29, 1.82) is 0 Å². The number of nitrogens with one attached hydrogen (secondary N) is 1. The van der Waals surface area contributed by atoms with E-state index in [-0.39, 0.29) is 11.5 Å². The van der Waals surface area contributed by atoms with Crippen molar-refractivity contribution in [2.45, 2.75) is 36.8 Å². The molecule has 0 spiro atoms. The van der Waals surface area contributed by atoms with Crippen LogP contribution in [0.1, 0.15) is 41.7 Å². The molecule has 1 aromatic heterocycles. The summed E-state index contributed by atoms with van der Waals surface area (Å²) in [5, 5.41) is 9.05. The third kappa shape index (κ3) is 4.86. The van der Waals surface area contributed by atoms with Crippen molar-refractivity contribution in [3.05, 3.63) is 77.4 Å². The molecule has 1 amide bonds. The van der Waals surface area contributed by atoms with Crippen LogP contribution in [0.15, 0.2) is 64.2 Å². The topological polar surface area (TPSA) is 102 Å². The Bertz CT molecular complexity index is 1080. The lowest BCUT2D eigenvalue weighted by atomic mass is 10.1. The molecule has 0 unspecified atom stereocenters. The van der Waals surface area contributed by atoms with Crippen molar-refractivity contribution < 1.29 is 22.0 Å². The SMILES string of the molecule is CC(C)S(=O)(=O)c1nnc([C@H](Cc2ccccc2)NC(=O)c2ccc(F)cc2)o1. The summed E-state index contributed by atoms with van der Waals surface area (Å²) < 4.78 is 43.1. The van der Waals surface area contributed by atoms with Gasteiger partial charge in [-0.2, -0.15) is 0 Å². The Balaban J connectivity index is 1.90. The number of rotatable bonds is 7. The second-order valence-electron chi connectivity index (χ2n) is 6.72. The molecular weight excluding hydrogens is 397 g/mol. The Morgan fingerprint density at radius 2 is 1.72 bits per heavy atom. The predicted molar refractivity (Wildman–Crippen MR) is 103 cm³/mol. The van der Waals surface area contributed by atoms with E-state index >= 15 is 0 Å². The molecule has 0 bridgehead atoms. The summed E-state index contributed by atoms with van der Waals surface area (Å²) in [5.74, 6) is -0.955. The number of halogens is 1. The number of hydrogen-bond acceptors (Lipinski definition) is 6. The molecule has 3 aromatic rings. The summed E-state index contributed by atoms with van der Waals surface area (Å²) in [6, 6.07) is 13.6. The molecule has 0 saturated heterocycles. The van der Waals surface area contributed by atoms with Gasteiger partial charge in [-0.3, -0.25) is 4.79 Å². The average molecular weight is 417 g/mol. The van der Waals surface area contributed by atoms with Crippen molar-refractivity contribution >= 4 is 15.7 Å². The van der Waals surface area contributed by atoms with Crippen molar-refractivity contribution in [2.24, 2.45) is 0 Å². The number of carbonyl (C=O) groups is 1. The minimum atomic E-state index is -3.74. The number of carbonyl (C=O) groups excluding carboxylic acids is 1. The molecule has 0 saturated carbocycles. The number of aromatic nitrogens is 2. The number of nitrogens with zero attached hydrogens (tertiary/aromatic N) is 2. The standard InChI is InChI=1S/C20H20FN3O4S/c1-13(2)29(26,27)20-24-23-19(28-20)17(12-14-6-4-3-5-7-14)22-18(25)15-8-10-16(21)11-9-15/h3-11,13,17H,12H2,1-2H3,(H,22,25)/t17-/m0/s1. The van der Waals surface area contributed by atoms with Gasteiger partial charge in [-0.05, 0) is 43.7 Å². The zero-order valence-electron chi connectivity index (χ0n) is 15.9. The molecule has 1 N–H and O–H groups in total. The van der Waals surface area contributed by atoms with Crippen LogP contribution >= 0.6 is 0 Å². The van der Waals surface area contributed by atoms with Gasteiger partial charge in [-0.25, -0.2) is 12.8 Å². The van der Waals surface area contributed by atoms with Crippen LogP contribution < -0.4 is 5.32 Å². The highest BCUT2D eigenvalue weighted by molar-refractivity contribution is 7.91. The average Bonchev–Trinajstić information content (AvgIpc) is 3.19. The first kappa shape index (κ1) is 20.7. The van der Waals surface area contributed by atoms with E-state index in [2.05, 4.69) is 15.5 Å². The Kier molecular flexibility index (Phi) is 6.07. The number of benzene rings is 2. The lowest BCUT2D eigenvalue weighted by Gasteiger charge is -2.15. The molecule has 0 aliphatic carbocycles. The fourth-order valence-corrected chi connectivity index (χ4v) is 3.33. The van der Waals surface area contributed by atoms with Gasteiger partial charge in [0.1, 0.15) is 11.9 Å². The maximum Gasteiger partial charge on any atom is 0.335 e. The summed E-state index contributed by atoms with van der Waals surface area (Å²) >= 11 is 0. The highest BCUT2D eigenvalue weighted by atomic mass is 32.2. The molecule has 0 aliphatic rings. The van der Waals surface area contributed by atoms with Gasteiger partial charge in [0.05, 0.1) is 5.25 Å². The molecule has 1 atom stereocenters. The molecule has 0 fully saturated rings. The third-order valence-corrected chi connectivity index (χ3v) is 6.17. The van der Waals surface area contributed by atoms with Gasteiger partial charge in [-0.1, -0.05) is 35.4 Å². The minimum absolute atomic E-state index is 0.0245.